The van der Waals surface area contributed by atoms with E-state index in [9.17, 15) is 9.59 Å². The molecule has 2 aliphatic heterocycles. The minimum absolute atomic E-state index is 0.0298. The summed E-state index contributed by atoms with van der Waals surface area (Å²) in [5, 5.41) is 2.87. The largest absolute Gasteiger partial charge is 0.473 e. The molecule has 1 aromatic carbocycles. The average molecular weight is 565 g/mol. The van der Waals surface area contributed by atoms with Crippen LogP contribution in [0.1, 0.15) is 53.0 Å². The van der Waals surface area contributed by atoms with Crippen molar-refractivity contribution < 1.29 is 23.5 Å². The second-order valence-corrected chi connectivity index (χ2v) is 12.3. The first-order chi connectivity index (χ1) is 19.6. The van der Waals surface area contributed by atoms with Gasteiger partial charge in [0.25, 0.3) is 0 Å². The minimum atomic E-state index is -0.557. The van der Waals surface area contributed by atoms with Gasteiger partial charge in [0.15, 0.2) is 0 Å². The molecule has 3 fully saturated rings. The highest BCUT2D eigenvalue weighted by atomic mass is 19.1. The predicted octanol–water partition coefficient (Wildman–Crippen LogP) is 4.53. The van der Waals surface area contributed by atoms with E-state index in [0.717, 1.165) is 23.9 Å². The topological polar surface area (TPSA) is 102 Å². The summed E-state index contributed by atoms with van der Waals surface area (Å²) in [6.45, 7) is 9.98. The van der Waals surface area contributed by atoms with Crippen LogP contribution < -0.4 is 15.0 Å². The molecule has 0 unspecified atom stereocenters. The van der Waals surface area contributed by atoms with Crippen LogP contribution >= 0.6 is 0 Å². The van der Waals surface area contributed by atoms with Crippen molar-refractivity contribution in [2.45, 2.75) is 64.7 Å². The van der Waals surface area contributed by atoms with Gasteiger partial charge in [-0.05, 0) is 58.7 Å². The number of fused-ring (bicyclic) bond motifs is 1. The molecular formula is C30H37FN6O4. The third-order valence-corrected chi connectivity index (χ3v) is 7.95. The molecule has 2 amide bonds. The molecule has 1 aliphatic carbocycles. The predicted molar refractivity (Wildman–Crippen MR) is 152 cm³/mol. The summed E-state index contributed by atoms with van der Waals surface area (Å²) in [4.78, 5) is 37.3. The number of rotatable bonds is 6. The number of nitrogens with zero attached hydrogens (tertiary/aromatic N) is 5. The first-order valence-corrected chi connectivity index (χ1v) is 14.4. The molecule has 3 aliphatic rings. The molecule has 0 radical (unpaired) electrons. The lowest BCUT2D eigenvalue weighted by Gasteiger charge is -2.36. The number of carbonyl (C=O) groups excluding carboxylic acids is 2. The van der Waals surface area contributed by atoms with Crippen LogP contribution in [0, 0.1) is 11.7 Å². The molecule has 2 aromatic heterocycles. The van der Waals surface area contributed by atoms with Gasteiger partial charge in [0.05, 0.1) is 23.2 Å². The van der Waals surface area contributed by atoms with E-state index in [1.165, 1.54) is 6.07 Å². The molecule has 10 nitrogen and oxygen atoms in total. The number of aromatic nitrogens is 3. The molecule has 6 rings (SSSR count). The number of halogens is 1. The highest BCUT2D eigenvalue weighted by Crippen LogP contribution is 2.40. The maximum Gasteiger partial charge on any atom is 0.410 e. The summed E-state index contributed by atoms with van der Waals surface area (Å²) in [6.07, 6.45) is 3.84. The fourth-order valence-corrected chi connectivity index (χ4v) is 5.50. The smallest absolute Gasteiger partial charge is 0.410 e. The van der Waals surface area contributed by atoms with Gasteiger partial charge < -0.3 is 29.2 Å². The van der Waals surface area contributed by atoms with Crippen molar-refractivity contribution in [1.29, 1.82) is 0 Å². The van der Waals surface area contributed by atoms with E-state index in [4.69, 9.17) is 14.5 Å². The fraction of sp³-hybridized carbons (Fsp3) is 0.533. The lowest BCUT2D eigenvalue weighted by atomic mass is 10.0. The zero-order chi connectivity index (χ0) is 28.9. The Balaban J connectivity index is 1.23. The van der Waals surface area contributed by atoms with Crippen LogP contribution in [0.4, 0.5) is 14.9 Å². The van der Waals surface area contributed by atoms with Crippen molar-refractivity contribution >= 4 is 28.7 Å². The van der Waals surface area contributed by atoms with Gasteiger partial charge in [0.1, 0.15) is 23.0 Å². The first kappa shape index (κ1) is 27.3. The molecule has 2 atom stereocenters. The number of hydrogen-bond acceptors (Lipinski definition) is 7. The second-order valence-electron chi connectivity index (χ2n) is 12.3. The Labute approximate surface area is 238 Å². The molecule has 2 saturated heterocycles. The van der Waals surface area contributed by atoms with Crippen LogP contribution in [0.3, 0.4) is 0 Å². The maximum absolute atomic E-state index is 15.5. The fourth-order valence-electron chi connectivity index (χ4n) is 5.50. The van der Waals surface area contributed by atoms with Gasteiger partial charge in [-0.3, -0.25) is 4.79 Å². The van der Waals surface area contributed by atoms with Crippen molar-refractivity contribution in [2.75, 3.05) is 37.6 Å². The van der Waals surface area contributed by atoms with E-state index >= 15 is 4.39 Å². The third kappa shape index (κ3) is 5.80. The Morgan fingerprint density at radius 2 is 1.90 bits per heavy atom. The summed E-state index contributed by atoms with van der Waals surface area (Å²) in [5.41, 5.74) is 2.70. The molecule has 4 heterocycles. The summed E-state index contributed by atoms with van der Waals surface area (Å²) in [6, 6.07) is 7.38. The highest BCUT2D eigenvalue weighted by molar-refractivity contribution is 5.85. The number of ether oxygens (including phenoxy) is 2. The number of nitrogens with one attached hydrogen (secondary N) is 1. The van der Waals surface area contributed by atoms with Crippen molar-refractivity contribution in [1.82, 2.24) is 24.8 Å². The summed E-state index contributed by atoms with van der Waals surface area (Å²) >= 11 is 0. The lowest BCUT2D eigenvalue weighted by Crippen LogP contribution is -2.50. The number of anilines is 1. The number of carbonyl (C=O) groups is 2. The Kier molecular flexibility index (Phi) is 6.99. The summed E-state index contributed by atoms with van der Waals surface area (Å²) < 4.78 is 29.5. The van der Waals surface area contributed by atoms with Crippen molar-refractivity contribution in [2.24, 2.45) is 5.92 Å². The highest BCUT2D eigenvalue weighted by Gasteiger charge is 2.32. The van der Waals surface area contributed by atoms with Crippen LogP contribution in [0.25, 0.3) is 22.3 Å². The Hall–Kier alpha value is -3.89. The van der Waals surface area contributed by atoms with Crippen LogP contribution in [-0.4, -0.2) is 75.9 Å². The molecule has 0 bridgehead atoms. The lowest BCUT2D eigenvalue weighted by molar-refractivity contribution is -0.119. The average Bonchev–Trinajstić information content (AvgIpc) is 3.52. The zero-order valence-corrected chi connectivity index (χ0v) is 24.0. The molecule has 1 N–H and O–H groups in total. The Morgan fingerprint density at radius 1 is 1.15 bits per heavy atom. The quantitative estimate of drug-likeness (QED) is 0.469. The van der Waals surface area contributed by atoms with Gasteiger partial charge in [-0.1, -0.05) is 6.07 Å². The molecule has 1 saturated carbocycles. The monoisotopic (exact) mass is 564 g/mol. The van der Waals surface area contributed by atoms with Crippen LogP contribution in [-0.2, 0) is 9.53 Å². The number of hydrogen-bond donors (Lipinski definition) is 1. The third-order valence-electron chi connectivity index (χ3n) is 7.95. The van der Waals surface area contributed by atoms with E-state index in [2.05, 4.69) is 14.9 Å². The number of piperazine rings is 1. The number of pyridine rings is 1. The standard InChI is InChI=1S/C30H37FN6O4/c1-18(20-14-26(38)32-16-20)40-28-27-24(33-17-37(27)21-6-7-21)15-23(34-28)19-5-8-25(22(31)13-19)35-9-11-36(12-10-35)29(39)41-30(2,3)4/h5,8,13,15,17-18,20-21H,6-7,9-12,14,16H2,1-4H3,(H,32,38)/t18-,20-/m1/s1. The van der Waals surface area contributed by atoms with E-state index in [1.54, 1.807) is 11.0 Å². The summed E-state index contributed by atoms with van der Waals surface area (Å²) in [5.74, 6) is 0.177. The molecule has 41 heavy (non-hydrogen) atoms. The number of imidazole rings is 1. The zero-order valence-electron chi connectivity index (χ0n) is 24.0. The van der Waals surface area contributed by atoms with Crippen molar-refractivity contribution in [3.63, 3.8) is 0 Å². The Bertz CT molecular complexity index is 1470. The van der Waals surface area contributed by atoms with Gasteiger partial charge in [-0.15, -0.1) is 0 Å². The Morgan fingerprint density at radius 3 is 2.54 bits per heavy atom. The molecule has 3 aromatic rings. The van der Waals surface area contributed by atoms with Gasteiger partial charge in [-0.25, -0.2) is 19.2 Å². The number of amides is 2. The molecule has 11 heteroatoms. The molecule has 0 spiro atoms. The van der Waals surface area contributed by atoms with Gasteiger partial charge in [-0.2, -0.15) is 0 Å². The molecular weight excluding hydrogens is 527 g/mol. The van der Waals surface area contributed by atoms with E-state index in [-0.39, 0.29) is 29.8 Å². The van der Waals surface area contributed by atoms with Gasteiger partial charge in [0.2, 0.25) is 11.8 Å². The van der Waals surface area contributed by atoms with E-state index in [1.807, 2.05) is 51.1 Å². The van der Waals surface area contributed by atoms with Gasteiger partial charge in [0, 0.05) is 56.7 Å². The van der Waals surface area contributed by atoms with E-state index < -0.39 is 5.60 Å². The minimum Gasteiger partial charge on any atom is -0.473 e. The first-order valence-electron chi connectivity index (χ1n) is 14.4. The maximum atomic E-state index is 15.5. The van der Waals surface area contributed by atoms with Gasteiger partial charge >= 0.3 is 6.09 Å². The molecule has 218 valence electrons. The number of benzene rings is 1. The SMILES string of the molecule is C[C@@H](Oc1nc(-c2ccc(N3CCN(C(=O)OC(C)(C)C)CC3)c(F)c2)cc2ncn(C3CC3)c12)[C@H]1CNC(=O)C1. The van der Waals surface area contributed by atoms with Crippen LogP contribution in [0.15, 0.2) is 30.6 Å². The summed E-state index contributed by atoms with van der Waals surface area (Å²) in [7, 11) is 0. The van der Waals surface area contributed by atoms with E-state index in [0.29, 0.717) is 68.0 Å². The van der Waals surface area contributed by atoms with Crippen LogP contribution in [0.2, 0.25) is 0 Å². The normalized spacial score (nSPS) is 20.3. The van der Waals surface area contributed by atoms with Crippen molar-refractivity contribution in [3.8, 4) is 17.1 Å². The van der Waals surface area contributed by atoms with Crippen LogP contribution in [0.5, 0.6) is 5.88 Å². The second kappa shape index (κ2) is 10.5. The van der Waals surface area contributed by atoms with Crippen molar-refractivity contribution in [3.05, 3.63) is 36.4 Å².